The third-order valence-electron chi connectivity index (χ3n) is 3.98. The lowest BCUT2D eigenvalue weighted by atomic mass is 9.84. The molecule has 1 aliphatic carbocycles. The van der Waals surface area contributed by atoms with Gasteiger partial charge in [0.1, 0.15) is 5.01 Å². The molecule has 0 amide bonds. The first-order valence-electron chi connectivity index (χ1n) is 6.97. The number of hydrogen-bond donors (Lipinski definition) is 0. The second-order valence-corrected chi connectivity index (χ2v) is 6.10. The minimum atomic E-state index is 0.832. The topological polar surface area (TPSA) is 30.0 Å². The molecule has 0 fully saturated rings. The van der Waals surface area contributed by atoms with Gasteiger partial charge >= 0.3 is 0 Å². The van der Waals surface area contributed by atoms with Gasteiger partial charge in [-0.1, -0.05) is 12.1 Å². The van der Waals surface area contributed by atoms with Crippen molar-refractivity contribution in [2.75, 3.05) is 0 Å². The summed E-state index contributed by atoms with van der Waals surface area (Å²) in [6.07, 6.45) is 11.5. The second-order valence-electron chi connectivity index (χ2n) is 5.17. The van der Waals surface area contributed by atoms with Crippen molar-refractivity contribution in [1.82, 2.24) is 4.98 Å². The average molecular weight is 283 g/mol. The van der Waals surface area contributed by atoms with E-state index < -0.39 is 0 Å². The van der Waals surface area contributed by atoms with Crippen LogP contribution in [0.25, 0.3) is 12.2 Å². The van der Waals surface area contributed by atoms with Gasteiger partial charge in [0.25, 0.3) is 0 Å². The Labute approximate surface area is 123 Å². The number of rotatable bonds is 3. The van der Waals surface area contributed by atoms with Crippen LogP contribution in [0, 0.1) is 6.92 Å². The van der Waals surface area contributed by atoms with Crippen LogP contribution in [0.2, 0.25) is 0 Å². The third kappa shape index (κ3) is 2.46. The SMILES string of the molecule is Cc1c(C=O)c(/C=C/c2nccs2)cc2c1CCCC2. The molecule has 2 nitrogen and oxygen atoms in total. The van der Waals surface area contributed by atoms with Crippen LogP contribution in [0.4, 0.5) is 0 Å². The number of thiazole rings is 1. The summed E-state index contributed by atoms with van der Waals surface area (Å²) in [5.74, 6) is 0. The number of aryl methyl sites for hydroxylation is 1. The van der Waals surface area contributed by atoms with Crippen molar-refractivity contribution in [3.05, 3.63) is 50.5 Å². The summed E-state index contributed by atoms with van der Waals surface area (Å²) >= 11 is 1.60. The highest BCUT2D eigenvalue weighted by molar-refractivity contribution is 7.10. The zero-order chi connectivity index (χ0) is 13.9. The van der Waals surface area contributed by atoms with E-state index in [1.165, 1.54) is 24.0 Å². The lowest BCUT2D eigenvalue weighted by Crippen LogP contribution is -2.08. The second kappa shape index (κ2) is 5.71. The van der Waals surface area contributed by atoms with Gasteiger partial charge in [0.15, 0.2) is 6.29 Å². The number of carbonyl (C=O) groups is 1. The van der Waals surface area contributed by atoms with E-state index in [9.17, 15) is 4.79 Å². The van der Waals surface area contributed by atoms with E-state index in [2.05, 4.69) is 18.0 Å². The van der Waals surface area contributed by atoms with Crippen LogP contribution in [-0.4, -0.2) is 11.3 Å². The molecule has 0 atom stereocenters. The van der Waals surface area contributed by atoms with E-state index in [1.54, 1.807) is 17.5 Å². The highest BCUT2D eigenvalue weighted by Gasteiger charge is 2.16. The Morgan fingerprint density at radius 3 is 2.85 bits per heavy atom. The fourth-order valence-corrected chi connectivity index (χ4v) is 3.46. The normalized spacial score (nSPS) is 14.4. The molecule has 1 heterocycles. The Morgan fingerprint density at radius 2 is 2.10 bits per heavy atom. The molecule has 1 aromatic carbocycles. The molecule has 3 heteroatoms. The average Bonchev–Trinajstić information content (AvgIpc) is 2.99. The summed E-state index contributed by atoms with van der Waals surface area (Å²) < 4.78 is 0. The zero-order valence-corrected chi connectivity index (χ0v) is 12.4. The molecule has 0 unspecified atom stereocenters. The quantitative estimate of drug-likeness (QED) is 0.785. The van der Waals surface area contributed by atoms with Crippen molar-refractivity contribution in [3.8, 4) is 0 Å². The largest absolute Gasteiger partial charge is 0.298 e. The summed E-state index contributed by atoms with van der Waals surface area (Å²) in [7, 11) is 0. The molecule has 1 aliphatic rings. The molecule has 0 spiro atoms. The Balaban J connectivity index is 2.05. The summed E-state index contributed by atoms with van der Waals surface area (Å²) in [5, 5.41) is 2.93. The lowest BCUT2D eigenvalue weighted by molar-refractivity contribution is 0.112. The lowest BCUT2D eigenvalue weighted by Gasteiger charge is -2.20. The smallest absolute Gasteiger partial charge is 0.150 e. The van der Waals surface area contributed by atoms with Gasteiger partial charge in [-0.05, 0) is 60.9 Å². The van der Waals surface area contributed by atoms with Gasteiger partial charge in [0.2, 0.25) is 0 Å². The molecule has 20 heavy (non-hydrogen) atoms. The summed E-state index contributed by atoms with van der Waals surface area (Å²) in [4.78, 5) is 15.7. The van der Waals surface area contributed by atoms with E-state index in [4.69, 9.17) is 0 Å². The van der Waals surface area contributed by atoms with Gasteiger partial charge in [0, 0.05) is 17.1 Å². The van der Waals surface area contributed by atoms with Crippen molar-refractivity contribution in [2.45, 2.75) is 32.6 Å². The minimum Gasteiger partial charge on any atom is -0.298 e. The molecular weight excluding hydrogens is 266 g/mol. The van der Waals surface area contributed by atoms with Gasteiger partial charge in [-0.15, -0.1) is 11.3 Å². The Morgan fingerprint density at radius 1 is 1.25 bits per heavy atom. The fraction of sp³-hybridized carbons (Fsp3) is 0.294. The van der Waals surface area contributed by atoms with Gasteiger partial charge in [-0.2, -0.15) is 0 Å². The number of nitrogens with zero attached hydrogens (tertiary/aromatic N) is 1. The highest BCUT2D eigenvalue weighted by Crippen LogP contribution is 2.29. The van der Waals surface area contributed by atoms with Gasteiger partial charge in [-0.25, -0.2) is 4.98 Å². The van der Waals surface area contributed by atoms with E-state index in [-0.39, 0.29) is 0 Å². The monoisotopic (exact) mass is 283 g/mol. The third-order valence-corrected chi connectivity index (χ3v) is 4.72. The van der Waals surface area contributed by atoms with Crippen molar-refractivity contribution in [2.24, 2.45) is 0 Å². The van der Waals surface area contributed by atoms with Crippen molar-refractivity contribution >= 4 is 29.8 Å². The van der Waals surface area contributed by atoms with Gasteiger partial charge < -0.3 is 0 Å². The maximum Gasteiger partial charge on any atom is 0.150 e. The molecule has 0 N–H and O–H groups in total. The number of aldehydes is 1. The van der Waals surface area contributed by atoms with Crippen LogP contribution in [-0.2, 0) is 12.8 Å². The van der Waals surface area contributed by atoms with E-state index >= 15 is 0 Å². The van der Waals surface area contributed by atoms with Crippen molar-refractivity contribution in [3.63, 3.8) is 0 Å². The summed E-state index contributed by atoms with van der Waals surface area (Å²) in [5.41, 5.74) is 5.82. The first-order chi connectivity index (χ1) is 9.79. The Hall–Kier alpha value is -1.74. The van der Waals surface area contributed by atoms with E-state index in [0.29, 0.717) is 0 Å². The molecule has 0 saturated carbocycles. The molecule has 102 valence electrons. The molecule has 0 saturated heterocycles. The van der Waals surface area contributed by atoms with Crippen LogP contribution in [0.3, 0.4) is 0 Å². The number of hydrogen-bond acceptors (Lipinski definition) is 3. The Kier molecular flexibility index (Phi) is 3.79. The molecule has 0 radical (unpaired) electrons. The first kappa shape index (κ1) is 13.3. The molecule has 1 aromatic heterocycles. The van der Waals surface area contributed by atoms with Crippen molar-refractivity contribution in [1.29, 1.82) is 0 Å². The van der Waals surface area contributed by atoms with Crippen LogP contribution in [0.1, 0.15) is 50.5 Å². The first-order valence-corrected chi connectivity index (χ1v) is 7.85. The van der Waals surface area contributed by atoms with Crippen LogP contribution in [0.15, 0.2) is 17.6 Å². The highest BCUT2D eigenvalue weighted by atomic mass is 32.1. The summed E-state index contributed by atoms with van der Waals surface area (Å²) in [6, 6.07) is 2.19. The van der Waals surface area contributed by atoms with E-state index in [0.717, 1.165) is 40.8 Å². The predicted octanol–water partition coefficient (Wildman–Crippen LogP) is 4.31. The number of carbonyl (C=O) groups excluding carboxylic acids is 1. The maximum absolute atomic E-state index is 11.4. The minimum absolute atomic E-state index is 0.832. The van der Waals surface area contributed by atoms with Crippen LogP contribution >= 0.6 is 11.3 Å². The summed E-state index contributed by atoms with van der Waals surface area (Å²) in [6.45, 7) is 2.08. The molecule has 3 rings (SSSR count). The molecular formula is C17H17NOS. The maximum atomic E-state index is 11.4. The number of fused-ring (bicyclic) bond motifs is 1. The van der Waals surface area contributed by atoms with Crippen LogP contribution < -0.4 is 0 Å². The molecule has 0 bridgehead atoms. The van der Waals surface area contributed by atoms with Gasteiger partial charge in [-0.3, -0.25) is 4.79 Å². The predicted molar refractivity (Wildman–Crippen MR) is 84.3 cm³/mol. The molecule has 0 aliphatic heterocycles. The Bertz CT molecular complexity index is 656. The standard InChI is InChI=1S/C17H17NOS/c1-12-15-5-3-2-4-13(15)10-14(16(12)11-19)6-7-17-18-8-9-20-17/h6-11H,2-5H2,1H3/b7-6+. The fourth-order valence-electron chi connectivity index (χ4n) is 2.93. The zero-order valence-electron chi connectivity index (χ0n) is 11.6. The molecule has 2 aromatic rings. The number of aromatic nitrogens is 1. The van der Waals surface area contributed by atoms with E-state index in [1.807, 2.05) is 17.5 Å². The number of benzene rings is 1. The van der Waals surface area contributed by atoms with Gasteiger partial charge in [0.05, 0.1) is 0 Å². The van der Waals surface area contributed by atoms with Crippen molar-refractivity contribution < 1.29 is 4.79 Å². The van der Waals surface area contributed by atoms with Crippen LogP contribution in [0.5, 0.6) is 0 Å².